The van der Waals surface area contributed by atoms with Gasteiger partial charge in [-0.25, -0.2) is 0 Å². The van der Waals surface area contributed by atoms with Gasteiger partial charge in [-0.15, -0.1) is 0 Å². The van der Waals surface area contributed by atoms with Crippen LogP contribution in [0.15, 0.2) is 25.0 Å². The molecule has 0 aliphatic heterocycles. The SMILES string of the molecule is C=COCCCNCc1cc(OC)c(OC)c(OC)c1. The van der Waals surface area contributed by atoms with Gasteiger partial charge in [-0.2, -0.15) is 0 Å². The van der Waals surface area contributed by atoms with Crippen molar-refractivity contribution in [1.82, 2.24) is 5.32 Å². The number of ether oxygens (including phenoxy) is 4. The van der Waals surface area contributed by atoms with Gasteiger partial charge in [0.05, 0.1) is 34.2 Å². The van der Waals surface area contributed by atoms with Crippen LogP contribution in [-0.4, -0.2) is 34.5 Å². The van der Waals surface area contributed by atoms with E-state index in [1.165, 1.54) is 6.26 Å². The van der Waals surface area contributed by atoms with E-state index in [1.807, 2.05) is 12.1 Å². The lowest BCUT2D eigenvalue weighted by atomic mass is 10.1. The van der Waals surface area contributed by atoms with Gasteiger partial charge in [-0.3, -0.25) is 0 Å². The number of hydrogen-bond acceptors (Lipinski definition) is 5. The van der Waals surface area contributed by atoms with Crippen LogP contribution in [0.25, 0.3) is 0 Å². The molecular formula is C15H23NO4. The molecule has 5 heteroatoms. The molecule has 112 valence electrons. The Morgan fingerprint density at radius 2 is 1.75 bits per heavy atom. The minimum atomic E-state index is 0.609. The summed E-state index contributed by atoms with van der Waals surface area (Å²) >= 11 is 0. The average Bonchev–Trinajstić information content (AvgIpc) is 2.49. The highest BCUT2D eigenvalue weighted by molar-refractivity contribution is 5.53. The first kappa shape index (κ1) is 16.2. The van der Waals surface area contributed by atoms with Crippen molar-refractivity contribution in [3.05, 3.63) is 30.5 Å². The molecule has 1 N–H and O–H groups in total. The predicted molar refractivity (Wildman–Crippen MR) is 78.6 cm³/mol. The molecule has 0 aromatic heterocycles. The fraction of sp³-hybridized carbons (Fsp3) is 0.467. The summed E-state index contributed by atoms with van der Waals surface area (Å²) in [6.45, 7) is 5.76. The lowest BCUT2D eigenvalue weighted by Gasteiger charge is -2.14. The van der Waals surface area contributed by atoms with E-state index in [4.69, 9.17) is 18.9 Å². The summed E-state index contributed by atoms with van der Waals surface area (Å²) in [5, 5.41) is 3.33. The predicted octanol–water partition coefficient (Wildman–Crippen LogP) is 2.35. The molecular weight excluding hydrogens is 258 g/mol. The quantitative estimate of drug-likeness (QED) is 0.527. The molecule has 0 saturated heterocycles. The van der Waals surface area contributed by atoms with Gasteiger partial charge in [0.25, 0.3) is 0 Å². The molecule has 0 saturated carbocycles. The van der Waals surface area contributed by atoms with E-state index in [-0.39, 0.29) is 0 Å². The molecule has 1 rings (SSSR count). The maximum Gasteiger partial charge on any atom is 0.203 e. The largest absolute Gasteiger partial charge is 0.502 e. The van der Waals surface area contributed by atoms with E-state index in [2.05, 4.69) is 11.9 Å². The van der Waals surface area contributed by atoms with Crippen LogP contribution in [-0.2, 0) is 11.3 Å². The normalized spacial score (nSPS) is 9.95. The van der Waals surface area contributed by atoms with Crippen LogP contribution in [0.3, 0.4) is 0 Å². The molecule has 0 aliphatic carbocycles. The second kappa shape index (κ2) is 9.09. The van der Waals surface area contributed by atoms with E-state index < -0.39 is 0 Å². The van der Waals surface area contributed by atoms with Crippen molar-refractivity contribution in [1.29, 1.82) is 0 Å². The minimum absolute atomic E-state index is 0.609. The van der Waals surface area contributed by atoms with Gasteiger partial charge in [0.1, 0.15) is 0 Å². The molecule has 0 spiro atoms. The molecule has 0 unspecified atom stereocenters. The van der Waals surface area contributed by atoms with Crippen LogP contribution < -0.4 is 19.5 Å². The monoisotopic (exact) mass is 281 g/mol. The Bertz CT molecular complexity index is 395. The maximum atomic E-state index is 5.31. The molecule has 0 aliphatic rings. The van der Waals surface area contributed by atoms with E-state index in [0.717, 1.165) is 25.1 Å². The zero-order valence-electron chi connectivity index (χ0n) is 12.4. The maximum absolute atomic E-state index is 5.31. The van der Waals surface area contributed by atoms with Crippen LogP contribution in [0.4, 0.5) is 0 Å². The van der Waals surface area contributed by atoms with Gasteiger partial charge >= 0.3 is 0 Å². The van der Waals surface area contributed by atoms with Gasteiger partial charge in [-0.1, -0.05) is 6.58 Å². The van der Waals surface area contributed by atoms with Gasteiger partial charge in [-0.05, 0) is 30.7 Å². The van der Waals surface area contributed by atoms with E-state index >= 15 is 0 Å². The highest BCUT2D eigenvalue weighted by atomic mass is 16.5. The molecule has 5 nitrogen and oxygen atoms in total. The zero-order valence-corrected chi connectivity index (χ0v) is 12.4. The first-order chi connectivity index (χ1) is 9.76. The van der Waals surface area contributed by atoms with E-state index in [9.17, 15) is 0 Å². The fourth-order valence-corrected chi connectivity index (χ4v) is 1.83. The van der Waals surface area contributed by atoms with Gasteiger partial charge in [0, 0.05) is 6.54 Å². The van der Waals surface area contributed by atoms with Crippen molar-refractivity contribution in [2.45, 2.75) is 13.0 Å². The summed E-state index contributed by atoms with van der Waals surface area (Å²) in [5.74, 6) is 1.94. The van der Waals surface area contributed by atoms with Gasteiger partial charge < -0.3 is 24.3 Å². The number of methoxy groups -OCH3 is 3. The number of benzene rings is 1. The standard InChI is InChI=1S/C15H23NO4/c1-5-20-8-6-7-16-11-12-9-13(17-2)15(19-4)14(10-12)18-3/h5,9-10,16H,1,6-8,11H2,2-4H3. The third kappa shape index (κ3) is 4.66. The average molecular weight is 281 g/mol. The second-order valence-electron chi connectivity index (χ2n) is 4.10. The zero-order chi connectivity index (χ0) is 14.8. The third-order valence-corrected chi connectivity index (χ3v) is 2.79. The Labute approximate surface area is 120 Å². The van der Waals surface area contributed by atoms with E-state index in [0.29, 0.717) is 23.9 Å². The summed E-state index contributed by atoms with van der Waals surface area (Å²) in [5.41, 5.74) is 1.07. The summed E-state index contributed by atoms with van der Waals surface area (Å²) in [6.07, 6.45) is 2.38. The number of hydrogen-bond donors (Lipinski definition) is 1. The second-order valence-corrected chi connectivity index (χ2v) is 4.10. The third-order valence-electron chi connectivity index (χ3n) is 2.79. The van der Waals surface area contributed by atoms with Crippen molar-refractivity contribution in [2.24, 2.45) is 0 Å². The highest BCUT2D eigenvalue weighted by Gasteiger charge is 2.12. The number of rotatable bonds is 10. The van der Waals surface area contributed by atoms with Gasteiger partial charge in [0.15, 0.2) is 11.5 Å². The Morgan fingerprint density at radius 3 is 2.25 bits per heavy atom. The Hall–Kier alpha value is -1.88. The molecule has 0 amide bonds. The molecule has 1 aromatic carbocycles. The highest BCUT2D eigenvalue weighted by Crippen LogP contribution is 2.38. The Morgan fingerprint density at radius 1 is 1.10 bits per heavy atom. The van der Waals surface area contributed by atoms with Crippen molar-refractivity contribution >= 4 is 0 Å². The smallest absolute Gasteiger partial charge is 0.203 e. The van der Waals surface area contributed by atoms with Crippen LogP contribution in [0.2, 0.25) is 0 Å². The Kier molecular flexibility index (Phi) is 7.35. The lowest BCUT2D eigenvalue weighted by Crippen LogP contribution is -2.16. The summed E-state index contributed by atoms with van der Waals surface area (Å²) in [6, 6.07) is 3.88. The Balaban J connectivity index is 2.59. The van der Waals surface area contributed by atoms with Crippen LogP contribution >= 0.6 is 0 Å². The molecule has 0 fully saturated rings. The van der Waals surface area contributed by atoms with Crippen molar-refractivity contribution in [2.75, 3.05) is 34.5 Å². The molecule has 20 heavy (non-hydrogen) atoms. The minimum Gasteiger partial charge on any atom is -0.502 e. The lowest BCUT2D eigenvalue weighted by molar-refractivity contribution is 0.244. The molecule has 0 atom stereocenters. The van der Waals surface area contributed by atoms with Crippen molar-refractivity contribution in [3.63, 3.8) is 0 Å². The molecule has 0 heterocycles. The summed E-state index contributed by atoms with van der Waals surface area (Å²) < 4.78 is 21.0. The van der Waals surface area contributed by atoms with Crippen LogP contribution in [0.5, 0.6) is 17.2 Å². The van der Waals surface area contributed by atoms with Crippen LogP contribution in [0.1, 0.15) is 12.0 Å². The fourth-order valence-electron chi connectivity index (χ4n) is 1.83. The van der Waals surface area contributed by atoms with Crippen molar-refractivity contribution in [3.8, 4) is 17.2 Å². The van der Waals surface area contributed by atoms with Gasteiger partial charge in [0.2, 0.25) is 5.75 Å². The first-order valence-electron chi connectivity index (χ1n) is 6.49. The van der Waals surface area contributed by atoms with E-state index in [1.54, 1.807) is 21.3 Å². The molecule has 1 aromatic rings. The first-order valence-corrected chi connectivity index (χ1v) is 6.49. The number of nitrogens with one attached hydrogen (secondary N) is 1. The topological polar surface area (TPSA) is 49.0 Å². The molecule has 0 bridgehead atoms. The molecule has 0 radical (unpaired) electrons. The van der Waals surface area contributed by atoms with Crippen LogP contribution in [0, 0.1) is 0 Å². The van der Waals surface area contributed by atoms with Crippen molar-refractivity contribution < 1.29 is 18.9 Å². The summed E-state index contributed by atoms with van der Waals surface area (Å²) in [4.78, 5) is 0. The summed E-state index contributed by atoms with van der Waals surface area (Å²) in [7, 11) is 4.82.